The number of carboxylic acid groups (broad SMARTS) is 2. The standard InChI is InChI=1S/CH2O3.H2O2.Sm/c2-1(3)4;1-2;/h(H2,2,3,4);1-2H;. The van der Waals surface area contributed by atoms with Crippen LogP contribution in [0.4, 0.5) is 4.79 Å². The van der Waals surface area contributed by atoms with E-state index in [1.54, 1.807) is 0 Å². The van der Waals surface area contributed by atoms with Gasteiger partial charge in [-0.1, -0.05) is 0 Å². The fourth-order valence-electron chi connectivity index (χ4n) is 0. The summed E-state index contributed by atoms with van der Waals surface area (Å²) in [5.41, 5.74) is 0. The Morgan fingerprint density at radius 2 is 1.14 bits per heavy atom. The van der Waals surface area contributed by atoms with Gasteiger partial charge in [-0.3, -0.25) is 10.5 Å². The number of carbonyl (C=O) groups is 1. The summed E-state index contributed by atoms with van der Waals surface area (Å²) < 4.78 is 0. The van der Waals surface area contributed by atoms with Gasteiger partial charge in [0, 0.05) is 40.4 Å². The van der Waals surface area contributed by atoms with Gasteiger partial charge in [0.2, 0.25) is 0 Å². The third kappa shape index (κ3) is 481. The van der Waals surface area contributed by atoms with Crippen molar-refractivity contribution >= 4 is 6.16 Å². The zero-order chi connectivity index (χ0) is 5.58. The second-order valence-electron chi connectivity index (χ2n) is 0.283. The quantitative estimate of drug-likeness (QED) is 0.362. The van der Waals surface area contributed by atoms with Gasteiger partial charge in [-0.2, -0.15) is 0 Å². The van der Waals surface area contributed by atoms with Gasteiger partial charge in [-0.25, -0.2) is 4.79 Å². The van der Waals surface area contributed by atoms with Crippen LogP contribution in [0.5, 0.6) is 0 Å². The molecule has 0 aliphatic carbocycles. The van der Waals surface area contributed by atoms with Crippen molar-refractivity contribution < 1.29 is 65.9 Å². The molecule has 44 valence electrons. The van der Waals surface area contributed by atoms with Crippen molar-refractivity contribution in [1.82, 2.24) is 0 Å². The van der Waals surface area contributed by atoms with Crippen LogP contribution in [-0.4, -0.2) is 26.9 Å². The normalized spacial score (nSPS) is 4.29. The van der Waals surface area contributed by atoms with Gasteiger partial charge in [0.1, 0.15) is 0 Å². The van der Waals surface area contributed by atoms with Gasteiger partial charge in [-0.05, 0) is 0 Å². The van der Waals surface area contributed by atoms with Crippen LogP contribution in [-0.2, 0) is 0 Å². The van der Waals surface area contributed by atoms with Crippen LogP contribution >= 0.6 is 0 Å². The third-order valence-electron chi connectivity index (χ3n) is 0. The van der Waals surface area contributed by atoms with Crippen LogP contribution in [0.2, 0.25) is 0 Å². The molecule has 0 saturated heterocycles. The van der Waals surface area contributed by atoms with E-state index in [2.05, 4.69) is 0 Å². The van der Waals surface area contributed by atoms with Gasteiger partial charge in [0.05, 0.1) is 0 Å². The summed E-state index contributed by atoms with van der Waals surface area (Å²) >= 11 is 0. The van der Waals surface area contributed by atoms with E-state index in [0.717, 1.165) is 0 Å². The molecule has 6 heteroatoms. The Kier molecular flexibility index (Phi) is 35.8. The average molecular weight is 246 g/mol. The smallest absolute Gasteiger partial charge is 0.450 e. The maximum atomic E-state index is 8.56. The first-order chi connectivity index (χ1) is 2.73. The van der Waals surface area contributed by atoms with Crippen molar-refractivity contribution in [2.24, 2.45) is 0 Å². The van der Waals surface area contributed by atoms with Crippen molar-refractivity contribution in [2.75, 3.05) is 0 Å². The third-order valence-corrected chi connectivity index (χ3v) is 0. The van der Waals surface area contributed by atoms with Gasteiger partial charge in [0.15, 0.2) is 0 Å². The van der Waals surface area contributed by atoms with Crippen molar-refractivity contribution in [3.05, 3.63) is 0 Å². The zero-order valence-electron chi connectivity index (χ0n) is 3.11. The molecule has 0 fully saturated rings. The van der Waals surface area contributed by atoms with E-state index in [1.165, 1.54) is 0 Å². The summed E-state index contributed by atoms with van der Waals surface area (Å²) in [6.45, 7) is 0. The molecule has 0 saturated carbocycles. The molecule has 0 bridgehead atoms. The van der Waals surface area contributed by atoms with Crippen LogP contribution in [0, 0.1) is 40.4 Å². The molecule has 0 spiro atoms. The molecule has 0 amide bonds. The van der Waals surface area contributed by atoms with Gasteiger partial charge < -0.3 is 10.2 Å². The van der Waals surface area contributed by atoms with Crippen LogP contribution in [0.1, 0.15) is 0 Å². The van der Waals surface area contributed by atoms with Gasteiger partial charge in [0.25, 0.3) is 0 Å². The molecule has 0 aliphatic heterocycles. The number of hydrogen-bond acceptors (Lipinski definition) is 3. The molecule has 0 atom stereocenters. The summed E-state index contributed by atoms with van der Waals surface area (Å²) in [7, 11) is 0. The second-order valence-corrected chi connectivity index (χ2v) is 0.283. The van der Waals surface area contributed by atoms with E-state index in [4.69, 9.17) is 25.5 Å². The molecule has 5 nitrogen and oxygen atoms in total. The van der Waals surface area contributed by atoms with Crippen molar-refractivity contribution in [1.29, 1.82) is 0 Å². The molecule has 0 rings (SSSR count). The topological polar surface area (TPSA) is 98.0 Å². The van der Waals surface area contributed by atoms with E-state index in [0.29, 0.717) is 0 Å². The van der Waals surface area contributed by atoms with Crippen LogP contribution in [0.3, 0.4) is 0 Å². The predicted molar refractivity (Wildman–Crippen MR) is 15.9 cm³/mol. The maximum Gasteiger partial charge on any atom is 0.503 e. The summed E-state index contributed by atoms with van der Waals surface area (Å²) in [6.07, 6.45) is -1.83. The largest absolute Gasteiger partial charge is 0.503 e. The summed E-state index contributed by atoms with van der Waals surface area (Å²) in [5.74, 6) is 0. The van der Waals surface area contributed by atoms with Crippen LogP contribution in [0.25, 0.3) is 0 Å². The van der Waals surface area contributed by atoms with Crippen molar-refractivity contribution in [3.63, 3.8) is 0 Å². The van der Waals surface area contributed by atoms with E-state index in [1.807, 2.05) is 0 Å². The molecule has 0 aromatic heterocycles. The van der Waals surface area contributed by atoms with E-state index in [-0.39, 0.29) is 40.4 Å². The molecule has 4 N–H and O–H groups in total. The second kappa shape index (κ2) is 16.0. The Balaban J connectivity index is -0.0000000480. The monoisotopic (exact) mass is 248 g/mol. The number of rotatable bonds is 0. The molecule has 0 aliphatic rings. The summed E-state index contributed by atoms with van der Waals surface area (Å²) in [4.78, 5) is 8.56. The molecule has 7 heavy (non-hydrogen) atoms. The Hall–Kier alpha value is 0.528. The van der Waals surface area contributed by atoms with Crippen LogP contribution < -0.4 is 0 Å². The fraction of sp³-hybridized carbons (Fsp3) is 0. The number of hydrogen-bond donors (Lipinski definition) is 4. The predicted octanol–water partition coefficient (Wildman–Crippen LogP) is 0.240. The van der Waals surface area contributed by atoms with Crippen molar-refractivity contribution in [3.8, 4) is 0 Å². The van der Waals surface area contributed by atoms with Gasteiger partial charge in [-0.15, -0.1) is 0 Å². The average Bonchev–Trinajstić information content (AvgIpc) is 1.41. The molecule has 0 unspecified atom stereocenters. The Morgan fingerprint density at radius 3 is 1.14 bits per heavy atom. The summed E-state index contributed by atoms with van der Waals surface area (Å²) in [5, 5.41) is 25.9. The van der Waals surface area contributed by atoms with E-state index >= 15 is 0 Å². The maximum absolute atomic E-state index is 8.56. The Labute approximate surface area is 71.6 Å². The molecule has 0 aromatic carbocycles. The minimum absolute atomic E-state index is 0. The first-order valence-electron chi connectivity index (χ1n) is 0.851. The molecular weight excluding hydrogens is 242 g/mol. The van der Waals surface area contributed by atoms with E-state index in [9.17, 15) is 0 Å². The minimum atomic E-state index is -1.83. The fourth-order valence-corrected chi connectivity index (χ4v) is 0. The molecule has 0 heterocycles. The first-order valence-corrected chi connectivity index (χ1v) is 0.851. The first kappa shape index (κ1) is 15.6. The molecule has 0 aromatic rings. The summed E-state index contributed by atoms with van der Waals surface area (Å²) in [6, 6.07) is 0. The Morgan fingerprint density at radius 1 is 1.14 bits per heavy atom. The minimum Gasteiger partial charge on any atom is -0.450 e. The van der Waals surface area contributed by atoms with Gasteiger partial charge >= 0.3 is 6.16 Å². The zero-order valence-corrected chi connectivity index (χ0v) is 5.72. The molecular formula is CH4O5Sm. The van der Waals surface area contributed by atoms with E-state index < -0.39 is 6.16 Å². The molecule has 0 radical (unpaired) electrons. The van der Waals surface area contributed by atoms with Crippen molar-refractivity contribution in [2.45, 2.75) is 0 Å². The van der Waals surface area contributed by atoms with Crippen LogP contribution in [0.15, 0.2) is 0 Å². The Bertz CT molecular complexity index is 31.1. The SMILES string of the molecule is O=C(O)O.OO.[Sm].